The molecule has 21 heavy (non-hydrogen) atoms. The van der Waals surface area contributed by atoms with Gasteiger partial charge in [-0.3, -0.25) is 4.79 Å². The van der Waals surface area contributed by atoms with Gasteiger partial charge in [0.05, 0.1) is 4.47 Å². The van der Waals surface area contributed by atoms with Gasteiger partial charge in [0.15, 0.2) is 0 Å². The Balaban J connectivity index is 1.95. The smallest absolute Gasteiger partial charge is 0.251 e. The lowest BCUT2D eigenvalue weighted by atomic mass is 10.1. The third-order valence-electron chi connectivity index (χ3n) is 3.12. The Bertz CT molecular complexity index is 627. The van der Waals surface area contributed by atoms with Gasteiger partial charge >= 0.3 is 0 Å². The standard InChI is InChI=1S/C16H17BrN2O2/c17-14-6-5-13(9-15(14)20)16(21)19-10-12-3-1-11(2-4-12)7-8-18/h1-6,9,20H,7-8,10,18H2,(H,19,21). The summed E-state index contributed by atoms with van der Waals surface area (Å²) in [5.41, 5.74) is 8.13. The Labute approximate surface area is 132 Å². The number of hydrogen-bond acceptors (Lipinski definition) is 3. The van der Waals surface area contributed by atoms with Crippen LogP contribution in [0.2, 0.25) is 0 Å². The van der Waals surface area contributed by atoms with Crippen LogP contribution in [0.5, 0.6) is 5.75 Å². The van der Waals surface area contributed by atoms with E-state index in [0.29, 0.717) is 23.1 Å². The Morgan fingerprint density at radius 2 is 1.81 bits per heavy atom. The normalized spacial score (nSPS) is 10.4. The first-order valence-electron chi connectivity index (χ1n) is 6.65. The molecule has 110 valence electrons. The van der Waals surface area contributed by atoms with E-state index >= 15 is 0 Å². The number of benzene rings is 2. The highest BCUT2D eigenvalue weighted by Gasteiger charge is 2.08. The van der Waals surface area contributed by atoms with Gasteiger partial charge in [-0.1, -0.05) is 24.3 Å². The molecule has 4 nitrogen and oxygen atoms in total. The van der Waals surface area contributed by atoms with Crippen LogP contribution < -0.4 is 11.1 Å². The molecule has 0 saturated heterocycles. The van der Waals surface area contributed by atoms with Gasteiger partial charge in [0.25, 0.3) is 5.91 Å². The molecule has 0 aliphatic heterocycles. The van der Waals surface area contributed by atoms with Gasteiger partial charge in [-0.2, -0.15) is 0 Å². The van der Waals surface area contributed by atoms with E-state index in [2.05, 4.69) is 21.2 Å². The van der Waals surface area contributed by atoms with Crippen LogP contribution in [0.4, 0.5) is 0 Å². The minimum atomic E-state index is -0.219. The van der Waals surface area contributed by atoms with Gasteiger partial charge in [-0.25, -0.2) is 0 Å². The number of phenolic OH excluding ortho intramolecular Hbond substituents is 1. The second-order valence-electron chi connectivity index (χ2n) is 4.70. The third-order valence-corrected chi connectivity index (χ3v) is 3.79. The van der Waals surface area contributed by atoms with Crippen molar-refractivity contribution < 1.29 is 9.90 Å². The molecule has 0 aliphatic rings. The van der Waals surface area contributed by atoms with Crippen molar-refractivity contribution in [3.05, 3.63) is 63.6 Å². The monoisotopic (exact) mass is 348 g/mol. The summed E-state index contributed by atoms with van der Waals surface area (Å²) in [7, 11) is 0. The third kappa shape index (κ3) is 4.31. The van der Waals surface area contributed by atoms with Gasteiger partial charge in [-0.05, 0) is 58.2 Å². The molecule has 1 amide bonds. The zero-order valence-corrected chi connectivity index (χ0v) is 13.1. The molecule has 0 unspecified atom stereocenters. The summed E-state index contributed by atoms with van der Waals surface area (Å²) in [6.45, 7) is 1.07. The van der Waals surface area contributed by atoms with Gasteiger partial charge in [-0.15, -0.1) is 0 Å². The fourth-order valence-electron chi connectivity index (χ4n) is 1.93. The zero-order chi connectivity index (χ0) is 15.2. The summed E-state index contributed by atoms with van der Waals surface area (Å²) in [5.74, 6) is -0.169. The van der Waals surface area contributed by atoms with Crippen molar-refractivity contribution in [3.63, 3.8) is 0 Å². The van der Waals surface area contributed by atoms with Crippen LogP contribution in [-0.4, -0.2) is 17.6 Å². The van der Waals surface area contributed by atoms with Crippen molar-refractivity contribution in [2.45, 2.75) is 13.0 Å². The molecule has 0 bridgehead atoms. The van der Waals surface area contributed by atoms with Crippen molar-refractivity contribution in [2.24, 2.45) is 5.73 Å². The van der Waals surface area contributed by atoms with Gasteiger partial charge < -0.3 is 16.2 Å². The molecule has 5 heteroatoms. The predicted molar refractivity (Wildman–Crippen MR) is 86.2 cm³/mol. The van der Waals surface area contributed by atoms with E-state index in [-0.39, 0.29) is 11.7 Å². The molecule has 2 aromatic rings. The Morgan fingerprint density at radius 1 is 1.14 bits per heavy atom. The van der Waals surface area contributed by atoms with E-state index in [9.17, 15) is 9.90 Å². The molecular formula is C16H17BrN2O2. The van der Waals surface area contributed by atoms with Gasteiger partial charge in [0, 0.05) is 12.1 Å². The summed E-state index contributed by atoms with van der Waals surface area (Å²) in [6.07, 6.45) is 0.852. The quantitative estimate of drug-likeness (QED) is 0.777. The molecule has 2 aromatic carbocycles. The summed E-state index contributed by atoms with van der Waals surface area (Å²) in [6, 6.07) is 12.7. The van der Waals surface area contributed by atoms with Crippen LogP contribution in [0.1, 0.15) is 21.5 Å². The van der Waals surface area contributed by atoms with E-state index in [0.717, 1.165) is 12.0 Å². The van der Waals surface area contributed by atoms with Crippen molar-refractivity contribution in [1.82, 2.24) is 5.32 Å². The van der Waals surface area contributed by atoms with Crippen molar-refractivity contribution in [2.75, 3.05) is 6.54 Å². The highest BCUT2D eigenvalue weighted by molar-refractivity contribution is 9.10. The lowest BCUT2D eigenvalue weighted by Gasteiger charge is -2.07. The average Bonchev–Trinajstić information content (AvgIpc) is 2.49. The summed E-state index contributed by atoms with van der Waals surface area (Å²) in [4.78, 5) is 12.0. The minimum absolute atomic E-state index is 0.0498. The molecule has 0 aromatic heterocycles. The molecule has 0 fully saturated rings. The number of phenols is 1. The molecule has 0 atom stereocenters. The first-order valence-corrected chi connectivity index (χ1v) is 7.44. The summed E-state index contributed by atoms with van der Waals surface area (Å²) < 4.78 is 0.564. The Morgan fingerprint density at radius 3 is 2.43 bits per heavy atom. The molecular weight excluding hydrogens is 332 g/mol. The number of carbonyl (C=O) groups is 1. The zero-order valence-electron chi connectivity index (χ0n) is 11.5. The molecule has 0 heterocycles. The maximum atomic E-state index is 12.0. The van der Waals surface area contributed by atoms with Gasteiger partial charge in [0.2, 0.25) is 0 Å². The highest BCUT2D eigenvalue weighted by Crippen LogP contribution is 2.24. The van der Waals surface area contributed by atoms with Crippen LogP contribution in [0.3, 0.4) is 0 Å². The van der Waals surface area contributed by atoms with Crippen LogP contribution in [-0.2, 0) is 13.0 Å². The Kier molecular flexibility index (Phi) is 5.36. The van der Waals surface area contributed by atoms with Crippen LogP contribution in [0.25, 0.3) is 0 Å². The van der Waals surface area contributed by atoms with E-state index in [4.69, 9.17) is 5.73 Å². The number of nitrogens with two attached hydrogens (primary N) is 1. The molecule has 0 aliphatic carbocycles. The number of carbonyl (C=O) groups excluding carboxylic acids is 1. The number of aromatic hydroxyl groups is 1. The lowest BCUT2D eigenvalue weighted by Crippen LogP contribution is -2.22. The number of halogens is 1. The molecule has 0 radical (unpaired) electrons. The summed E-state index contributed by atoms with van der Waals surface area (Å²) in [5, 5.41) is 12.4. The molecule has 0 saturated carbocycles. The highest BCUT2D eigenvalue weighted by atomic mass is 79.9. The van der Waals surface area contributed by atoms with E-state index in [1.54, 1.807) is 12.1 Å². The minimum Gasteiger partial charge on any atom is -0.507 e. The number of hydrogen-bond donors (Lipinski definition) is 3. The molecule has 2 rings (SSSR count). The predicted octanol–water partition coefficient (Wildman–Crippen LogP) is 2.59. The maximum absolute atomic E-state index is 12.0. The van der Waals surface area contributed by atoms with E-state index < -0.39 is 0 Å². The van der Waals surface area contributed by atoms with Crippen LogP contribution >= 0.6 is 15.9 Å². The maximum Gasteiger partial charge on any atom is 0.251 e. The second-order valence-corrected chi connectivity index (χ2v) is 5.56. The summed E-state index contributed by atoms with van der Waals surface area (Å²) >= 11 is 3.18. The van der Waals surface area contributed by atoms with Gasteiger partial charge in [0.1, 0.15) is 5.75 Å². The van der Waals surface area contributed by atoms with Crippen LogP contribution in [0.15, 0.2) is 46.9 Å². The number of nitrogens with one attached hydrogen (secondary N) is 1. The SMILES string of the molecule is NCCc1ccc(CNC(=O)c2ccc(Br)c(O)c2)cc1. The fraction of sp³-hybridized carbons (Fsp3) is 0.188. The van der Waals surface area contributed by atoms with Crippen molar-refractivity contribution in [3.8, 4) is 5.75 Å². The largest absolute Gasteiger partial charge is 0.507 e. The molecule has 4 N–H and O–H groups in total. The first kappa shape index (κ1) is 15.5. The average molecular weight is 349 g/mol. The first-order chi connectivity index (χ1) is 10.1. The number of amides is 1. The number of rotatable bonds is 5. The lowest BCUT2D eigenvalue weighted by molar-refractivity contribution is 0.0950. The van der Waals surface area contributed by atoms with Crippen LogP contribution in [0, 0.1) is 0 Å². The van der Waals surface area contributed by atoms with Crippen molar-refractivity contribution in [1.29, 1.82) is 0 Å². The van der Waals surface area contributed by atoms with E-state index in [1.165, 1.54) is 11.6 Å². The molecule has 0 spiro atoms. The van der Waals surface area contributed by atoms with Crippen molar-refractivity contribution >= 4 is 21.8 Å². The fourth-order valence-corrected chi connectivity index (χ4v) is 2.18. The Hall–Kier alpha value is -1.85. The topological polar surface area (TPSA) is 75.3 Å². The second kappa shape index (κ2) is 7.24. The van der Waals surface area contributed by atoms with E-state index in [1.807, 2.05) is 24.3 Å².